The lowest BCUT2D eigenvalue weighted by molar-refractivity contribution is -0.168. The molecule has 22 heteroatoms. The van der Waals surface area contributed by atoms with Crippen LogP contribution < -0.4 is 0 Å². The summed E-state index contributed by atoms with van der Waals surface area (Å²) in [6.07, 6.45) is 4.18. The van der Waals surface area contributed by atoms with Crippen LogP contribution in [0.2, 0.25) is 0 Å². The molecule has 0 unspecified atom stereocenters. The monoisotopic (exact) mass is 1440 g/mol. The maximum atomic E-state index is 17.2. The van der Waals surface area contributed by atoms with Crippen molar-refractivity contribution in [2.45, 2.75) is 55.9 Å². The van der Waals surface area contributed by atoms with Crippen LogP contribution in [0.25, 0.3) is 21.9 Å². The Morgan fingerprint density at radius 2 is 0.514 bits per heavy atom. The SMILES string of the molecule is O=C1C(=CC2=Cc3sc4c(c3C2(C(=O)OCc2ccccc2)C(=O)OCc2ccccc2)C(C(=O)OCc2ccccc2)(C(=O)OCc2ccccc2)c2c-4sc3c2C(C(=O)OCc2ccccc2)(C(=O)OCc2ccccc2)C(C=C2C(=O)c4cc(F)c(F)cc4C2=O)=C3)C(=O)c2cc(F)c(F)cc21. The molecule has 10 aromatic rings. The van der Waals surface area contributed by atoms with E-state index in [-0.39, 0.29) is 19.5 Å². The molecule has 0 radical (unpaired) electrons. The van der Waals surface area contributed by atoms with Gasteiger partial charge >= 0.3 is 35.8 Å². The second-order valence-electron chi connectivity index (χ2n) is 25.0. The second kappa shape index (κ2) is 27.3. The summed E-state index contributed by atoms with van der Waals surface area (Å²) >= 11 is 1.48. The highest BCUT2D eigenvalue weighted by Crippen LogP contribution is 2.68. The molecular formula is C83H50F4O16S2. The second-order valence-corrected chi connectivity index (χ2v) is 27.1. The molecule has 0 saturated carbocycles. The van der Waals surface area contributed by atoms with Crippen molar-refractivity contribution in [2.24, 2.45) is 0 Å². The predicted octanol–water partition coefficient (Wildman–Crippen LogP) is 14.4. The number of fused-ring (bicyclic) bond motifs is 9. The number of hydrogen-bond donors (Lipinski definition) is 0. The third-order valence-corrected chi connectivity index (χ3v) is 21.2. The Bertz CT molecular complexity index is 4970. The number of rotatable bonds is 20. The molecule has 0 aliphatic heterocycles. The molecule has 0 N–H and O–H groups in total. The van der Waals surface area contributed by atoms with Gasteiger partial charge < -0.3 is 28.4 Å². The van der Waals surface area contributed by atoms with Crippen molar-refractivity contribution in [3.63, 3.8) is 0 Å². The van der Waals surface area contributed by atoms with E-state index in [1.54, 1.807) is 182 Å². The fraction of sp³-hybridized carbons (Fsp3) is 0.108. The zero-order chi connectivity index (χ0) is 73.1. The molecule has 5 aliphatic rings. The summed E-state index contributed by atoms with van der Waals surface area (Å²) in [5.74, 6) is -19.7. The highest BCUT2D eigenvalue weighted by atomic mass is 32.1. The standard InChI is InChI=1S/C83H50F4O16S2/c84-59-35-53-54(36-60(59)85)70(89)57(69(53)88)31-51-33-63-65(81(51,75(92)98-39-45-19-7-1-8-20-45)76(93)99-40-46-21-9-2-10-22-46)67-73(104-63)74-68(83(67,79(96)102-43-49-27-15-5-16-28-49)80(97)103-44-50-29-17-6-18-30-50)66-64(105-74)34-52(32-58-71(90)55-37-61(86)62(87)38-56(55)72(58)91)82(66,77(94)100-41-47-23-11-3-12-24-47)78(95)101-42-48-25-13-4-14-26-48/h1-38H,39-44H2. The topological polar surface area (TPSA) is 226 Å². The number of ketones is 4. The fourth-order valence-corrected chi connectivity index (χ4v) is 16.7. The molecule has 0 atom stereocenters. The van der Waals surface area contributed by atoms with Gasteiger partial charge in [0.25, 0.3) is 0 Å². The van der Waals surface area contributed by atoms with Crippen LogP contribution in [0.1, 0.15) is 107 Å². The van der Waals surface area contributed by atoms with E-state index < -0.39 is 205 Å². The summed E-state index contributed by atoms with van der Waals surface area (Å²) < 4.78 is 98.5. The van der Waals surface area contributed by atoms with E-state index in [1.165, 1.54) is 12.2 Å². The van der Waals surface area contributed by atoms with Crippen LogP contribution in [-0.4, -0.2) is 58.9 Å². The first kappa shape index (κ1) is 68.1. The minimum Gasteiger partial charge on any atom is -0.459 e. The highest BCUT2D eigenvalue weighted by molar-refractivity contribution is 7.24. The van der Waals surface area contributed by atoms with Gasteiger partial charge in [-0.05, 0) is 93.1 Å². The minimum absolute atomic E-state index is 0.119. The van der Waals surface area contributed by atoms with Gasteiger partial charge in [-0.15, -0.1) is 22.7 Å². The van der Waals surface area contributed by atoms with Gasteiger partial charge in [0.1, 0.15) is 39.6 Å². The van der Waals surface area contributed by atoms with Crippen LogP contribution in [0.15, 0.2) is 241 Å². The van der Waals surface area contributed by atoms with Crippen molar-refractivity contribution in [1.82, 2.24) is 0 Å². The van der Waals surface area contributed by atoms with Crippen molar-refractivity contribution in [1.29, 1.82) is 0 Å². The molecule has 0 bridgehead atoms. The van der Waals surface area contributed by atoms with E-state index in [0.717, 1.165) is 34.8 Å². The minimum atomic E-state index is -3.36. The number of Topliss-reactive ketones (excluding diaryl/α,β-unsaturated/α-hetero) is 4. The van der Waals surface area contributed by atoms with Crippen molar-refractivity contribution in [2.75, 3.05) is 0 Å². The van der Waals surface area contributed by atoms with Gasteiger partial charge in [-0.2, -0.15) is 0 Å². The quantitative estimate of drug-likeness (QED) is 0.0173. The molecule has 16 nitrogen and oxygen atoms in total. The number of ether oxygens (including phenoxy) is 6. The number of carbonyl (C=O) groups is 10. The summed E-state index contributed by atoms with van der Waals surface area (Å²) in [4.78, 5) is 159. The molecule has 2 heterocycles. The van der Waals surface area contributed by atoms with E-state index in [0.29, 0.717) is 57.6 Å². The van der Waals surface area contributed by atoms with Gasteiger partial charge in [0.05, 0.1) is 20.9 Å². The average Bonchev–Trinajstić information content (AvgIpc) is 1.48. The van der Waals surface area contributed by atoms with E-state index in [2.05, 4.69) is 0 Å². The first-order chi connectivity index (χ1) is 50.8. The molecule has 0 saturated heterocycles. The van der Waals surface area contributed by atoms with E-state index >= 15 is 46.3 Å². The van der Waals surface area contributed by atoms with Gasteiger partial charge in [-0.1, -0.05) is 182 Å². The third kappa shape index (κ3) is 11.4. The molecular weight excluding hydrogens is 1390 g/mol. The van der Waals surface area contributed by atoms with Gasteiger partial charge in [-0.25, -0.2) is 17.6 Å². The predicted molar refractivity (Wildman–Crippen MR) is 371 cm³/mol. The van der Waals surface area contributed by atoms with Crippen molar-refractivity contribution >= 4 is 93.8 Å². The Morgan fingerprint density at radius 3 is 0.733 bits per heavy atom. The van der Waals surface area contributed by atoms with Crippen molar-refractivity contribution in [3.05, 3.63) is 352 Å². The number of esters is 6. The molecule has 518 valence electrons. The summed E-state index contributed by atoms with van der Waals surface area (Å²) in [6, 6.07) is 50.8. The lowest BCUT2D eigenvalue weighted by atomic mass is 9.66. The van der Waals surface area contributed by atoms with E-state index in [1.807, 2.05) is 0 Å². The van der Waals surface area contributed by atoms with Crippen LogP contribution >= 0.6 is 22.7 Å². The Labute approximate surface area is 601 Å². The third-order valence-electron chi connectivity index (χ3n) is 18.8. The Hall–Kier alpha value is -12.7. The van der Waals surface area contributed by atoms with E-state index in [9.17, 15) is 19.2 Å². The van der Waals surface area contributed by atoms with Gasteiger partial charge in [-0.3, -0.25) is 47.9 Å². The molecule has 15 rings (SSSR count). The number of benzene rings is 8. The normalized spacial score (nSPS) is 14.9. The lowest BCUT2D eigenvalue weighted by Crippen LogP contribution is -2.53. The fourth-order valence-electron chi connectivity index (χ4n) is 13.8. The Morgan fingerprint density at radius 1 is 0.305 bits per heavy atom. The molecule has 105 heavy (non-hydrogen) atoms. The van der Waals surface area contributed by atoms with Crippen LogP contribution in [0, 0.1) is 23.3 Å². The largest absolute Gasteiger partial charge is 0.459 e. The molecule has 0 fully saturated rings. The lowest BCUT2D eigenvalue weighted by Gasteiger charge is -2.35. The first-order valence-corrected chi connectivity index (χ1v) is 34.2. The summed E-state index contributed by atoms with van der Waals surface area (Å²) in [7, 11) is 0. The van der Waals surface area contributed by atoms with Crippen LogP contribution in [-0.2, 0) is 113 Å². The van der Waals surface area contributed by atoms with Crippen LogP contribution in [0.4, 0.5) is 17.6 Å². The molecule has 2 aromatic heterocycles. The molecule has 0 spiro atoms. The number of allylic oxidation sites excluding steroid dienone is 4. The maximum absolute atomic E-state index is 17.2. The number of carbonyl (C=O) groups excluding carboxylic acids is 10. The van der Waals surface area contributed by atoms with Crippen molar-refractivity contribution < 1.29 is 93.9 Å². The van der Waals surface area contributed by atoms with Gasteiger partial charge in [0, 0.05) is 54.3 Å². The highest BCUT2D eigenvalue weighted by Gasteiger charge is 2.72. The van der Waals surface area contributed by atoms with Crippen molar-refractivity contribution in [3.8, 4) is 9.75 Å². The summed E-state index contributed by atoms with van der Waals surface area (Å²) in [6.45, 7) is -3.71. The Kier molecular flexibility index (Phi) is 17.7. The maximum Gasteiger partial charge on any atom is 0.333 e. The van der Waals surface area contributed by atoms with Gasteiger partial charge in [0.2, 0.25) is 16.2 Å². The van der Waals surface area contributed by atoms with Crippen LogP contribution in [0.5, 0.6) is 0 Å². The number of thiophene rings is 2. The molecule has 8 aromatic carbocycles. The van der Waals surface area contributed by atoms with Gasteiger partial charge in [0.15, 0.2) is 46.4 Å². The first-order valence-electron chi connectivity index (χ1n) is 32.5. The molecule has 0 amide bonds. The zero-order valence-electron chi connectivity index (χ0n) is 54.5. The van der Waals surface area contributed by atoms with E-state index in [4.69, 9.17) is 28.4 Å². The van der Waals surface area contributed by atoms with Crippen LogP contribution in [0.3, 0.4) is 0 Å². The number of halogens is 4. The Balaban J connectivity index is 1.04. The summed E-state index contributed by atoms with van der Waals surface area (Å²) in [5.41, 5.74) is -15.1. The average molecular weight is 1440 g/mol. The smallest absolute Gasteiger partial charge is 0.333 e. The summed E-state index contributed by atoms with van der Waals surface area (Å²) in [5, 5.41) is 0. The number of hydrogen-bond acceptors (Lipinski definition) is 18. The molecule has 5 aliphatic carbocycles. The zero-order valence-corrected chi connectivity index (χ0v) is 56.2.